The fourth-order valence-corrected chi connectivity index (χ4v) is 1.45. The van der Waals surface area contributed by atoms with Crippen molar-refractivity contribution in [3.8, 4) is 0 Å². The van der Waals surface area contributed by atoms with Gasteiger partial charge in [-0.2, -0.15) is 0 Å². The number of hydrogen-bond acceptors (Lipinski definition) is 3. The van der Waals surface area contributed by atoms with Crippen molar-refractivity contribution in [1.82, 2.24) is 0 Å². The molecular weight excluding hydrogens is 132 g/mol. The Morgan fingerprint density at radius 1 is 1.30 bits per heavy atom. The van der Waals surface area contributed by atoms with E-state index in [2.05, 4.69) is 0 Å². The van der Waals surface area contributed by atoms with E-state index in [1.165, 1.54) is 0 Å². The molecule has 3 unspecified atom stereocenters. The van der Waals surface area contributed by atoms with E-state index in [0.717, 1.165) is 19.4 Å². The second-order valence-electron chi connectivity index (χ2n) is 2.76. The zero-order valence-corrected chi connectivity index (χ0v) is 6.08. The molecule has 2 rings (SSSR count). The molecule has 10 heavy (non-hydrogen) atoms. The molecule has 2 aliphatic rings. The topological polar surface area (TPSA) is 27.7 Å². The van der Waals surface area contributed by atoms with Gasteiger partial charge in [-0.05, 0) is 19.8 Å². The molecule has 0 radical (unpaired) electrons. The molecule has 0 amide bonds. The molecule has 0 bridgehead atoms. The Labute approximate surface area is 60.3 Å². The van der Waals surface area contributed by atoms with Crippen molar-refractivity contribution in [1.29, 1.82) is 0 Å². The highest BCUT2D eigenvalue weighted by Crippen LogP contribution is 2.26. The maximum absolute atomic E-state index is 5.42. The Morgan fingerprint density at radius 2 is 2.20 bits per heavy atom. The monoisotopic (exact) mass is 144 g/mol. The van der Waals surface area contributed by atoms with E-state index < -0.39 is 0 Å². The van der Waals surface area contributed by atoms with Crippen molar-refractivity contribution in [3.05, 3.63) is 0 Å². The number of rotatable bonds is 0. The van der Waals surface area contributed by atoms with Crippen LogP contribution in [0.2, 0.25) is 0 Å². The highest BCUT2D eigenvalue weighted by Gasteiger charge is 2.36. The van der Waals surface area contributed by atoms with Crippen LogP contribution in [0, 0.1) is 0 Å². The molecule has 58 valence electrons. The van der Waals surface area contributed by atoms with Crippen LogP contribution in [-0.4, -0.2) is 25.3 Å². The largest absolute Gasteiger partial charge is 0.350 e. The molecule has 0 aromatic heterocycles. The summed E-state index contributed by atoms with van der Waals surface area (Å²) < 4.78 is 16.1. The van der Waals surface area contributed by atoms with Gasteiger partial charge in [-0.15, -0.1) is 0 Å². The van der Waals surface area contributed by atoms with Crippen LogP contribution in [0.3, 0.4) is 0 Å². The maximum atomic E-state index is 5.42. The second kappa shape index (κ2) is 2.49. The molecule has 3 nitrogen and oxygen atoms in total. The van der Waals surface area contributed by atoms with Gasteiger partial charge >= 0.3 is 0 Å². The predicted molar refractivity (Wildman–Crippen MR) is 34.4 cm³/mol. The van der Waals surface area contributed by atoms with Crippen LogP contribution in [0.4, 0.5) is 0 Å². The van der Waals surface area contributed by atoms with Gasteiger partial charge < -0.3 is 14.2 Å². The van der Waals surface area contributed by atoms with E-state index in [9.17, 15) is 0 Å². The molecule has 3 heteroatoms. The number of fused-ring (bicyclic) bond motifs is 1. The molecule has 2 aliphatic heterocycles. The summed E-state index contributed by atoms with van der Waals surface area (Å²) in [6.45, 7) is 2.72. The van der Waals surface area contributed by atoms with Gasteiger partial charge in [0.05, 0.1) is 0 Å². The van der Waals surface area contributed by atoms with Gasteiger partial charge in [0.1, 0.15) is 6.10 Å². The van der Waals surface area contributed by atoms with Gasteiger partial charge in [-0.25, -0.2) is 0 Å². The Hall–Kier alpha value is -0.120. The van der Waals surface area contributed by atoms with Crippen LogP contribution in [0.1, 0.15) is 19.8 Å². The lowest BCUT2D eigenvalue weighted by molar-refractivity contribution is -0.150. The van der Waals surface area contributed by atoms with Crippen LogP contribution < -0.4 is 0 Å². The van der Waals surface area contributed by atoms with Crippen molar-refractivity contribution in [3.63, 3.8) is 0 Å². The van der Waals surface area contributed by atoms with Crippen LogP contribution in [0.5, 0.6) is 0 Å². The minimum atomic E-state index is -0.0799. The third kappa shape index (κ3) is 1.05. The average molecular weight is 144 g/mol. The first-order chi connectivity index (χ1) is 4.86. The summed E-state index contributed by atoms with van der Waals surface area (Å²) in [7, 11) is 0. The van der Waals surface area contributed by atoms with E-state index in [4.69, 9.17) is 14.2 Å². The van der Waals surface area contributed by atoms with Gasteiger partial charge in [-0.1, -0.05) is 0 Å². The van der Waals surface area contributed by atoms with Gasteiger partial charge in [0.15, 0.2) is 12.6 Å². The van der Waals surface area contributed by atoms with Crippen molar-refractivity contribution in [2.75, 3.05) is 6.61 Å². The Bertz CT molecular complexity index is 112. The SMILES string of the molecule is CC1OC2CCCOC2O1. The molecule has 0 N–H and O–H groups in total. The van der Waals surface area contributed by atoms with Crippen LogP contribution >= 0.6 is 0 Å². The summed E-state index contributed by atoms with van der Waals surface area (Å²) in [6.07, 6.45) is 2.22. The Balaban J connectivity index is 1.97. The summed E-state index contributed by atoms with van der Waals surface area (Å²) in [5.74, 6) is 0. The van der Waals surface area contributed by atoms with Gasteiger partial charge in [0.2, 0.25) is 0 Å². The molecule has 3 atom stereocenters. The molecule has 0 spiro atoms. The van der Waals surface area contributed by atoms with E-state index >= 15 is 0 Å². The minimum Gasteiger partial charge on any atom is -0.350 e. The lowest BCUT2D eigenvalue weighted by atomic mass is 10.1. The van der Waals surface area contributed by atoms with Crippen molar-refractivity contribution in [2.45, 2.75) is 38.4 Å². The lowest BCUT2D eigenvalue weighted by Gasteiger charge is -2.21. The fraction of sp³-hybridized carbons (Fsp3) is 1.00. The molecule has 2 heterocycles. The summed E-state index contributed by atoms with van der Waals surface area (Å²) in [5.41, 5.74) is 0. The first-order valence-electron chi connectivity index (χ1n) is 3.79. The lowest BCUT2D eigenvalue weighted by Crippen LogP contribution is -2.30. The predicted octanol–water partition coefficient (Wildman–Crippen LogP) is 0.884. The average Bonchev–Trinajstić information content (AvgIpc) is 2.27. The van der Waals surface area contributed by atoms with E-state index in [0.29, 0.717) is 0 Å². The number of hydrogen-bond donors (Lipinski definition) is 0. The third-order valence-corrected chi connectivity index (χ3v) is 1.91. The highest BCUT2D eigenvalue weighted by atomic mass is 16.8. The zero-order valence-electron chi connectivity index (χ0n) is 6.08. The Morgan fingerprint density at radius 3 is 3.00 bits per heavy atom. The molecule has 0 aromatic carbocycles. The van der Waals surface area contributed by atoms with Crippen molar-refractivity contribution in [2.24, 2.45) is 0 Å². The minimum absolute atomic E-state index is 0.0758. The van der Waals surface area contributed by atoms with Crippen LogP contribution in [-0.2, 0) is 14.2 Å². The van der Waals surface area contributed by atoms with E-state index in [1.807, 2.05) is 6.92 Å². The quantitative estimate of drug-likeness (QED) is 0.505. The second-order valence-corrected chi connectivity index (χ2v) is 2.76. The van der Waals surface area contributed by atoms with E-state index in [-0.39, 0.29) is 18.7 Å². The van der Waals surface area contributed by atoms with Crippen LogP contribution in [0.15, 0.2) is 0 Å². The standard InChI is InChI=1S/C7H12O3/c1-5-9-6-3-2-4-8-7(6)10-5/h5-7H,2-4H2,1H3. The van der Waals surface area contributed by atoms with Crippen molar-refractivity contribution < 1.29 is 14.2 Å². The molecule has 0 aliphatic carbocycles. The molecule has 2 saturated heterocycles. The summed E-state index contributed by atoms with van der Waals surface area (Å²) in [4.78, 5) is 0. The Kier molecular flexibility index (Phi) is 1.64. The van der Waals surface area contributed by atoms with Gasteiger partial charge in [-0.3, -0.25) is 0 Å². The molecular formula is C7H12O3. The molecule has 0 saturated carbocycles. The highest BCUT2D eigenvalue weighted by molar-refractivity contribution is 4.72. The zero-order chi connectivity index (χ0) is 6.97. The third-order valence-electron chi connectivity index (χ3n) is 1.91. The van der Waals surface area contributed by atoms with Gasteiger partial charge in [0.25, 0.3) is 0 Å². The normalized spacial score (nSPS) is 47.1. The first-order valence-corrected chi connectivity index (χ1v) is 3.79. The summed E-state index contributed by atoms with van der Waals surface area (Å²) >= 11 is 0. The van der Waals surface area contributed by atoms with Crippen molar-refractivity contribution >= 4 is 0 Å². The van der Waals surface area contributed by atoms with Gasteiger partial charge in [0, 0.05) is 6.61 Å². The first kappa shape index (κ1) is 6.58. The molecule has 0 aromatic rings. The smallest absolute Gasteiger partial charge is 0.186 e. The maximum Gasteiger partial charge on any atom is 0.186 e. The number of ether oxygens (including phenoxy) is 3. The van der Waals surface area contributed by atoms with E-state index in [1.54, 1.807) is 0 Å². The summed E-state index contributed by atoms with van der Waals surface area (Å²) in [5, 5.41) is 0. The fourth-order valence-electron chi connectivity index (χ4n) is 1.45. The van der Waals surface area contributed by atoms with Crippen LogP contribution in [0.25, 0.3) is 0 Å². The molecule has 2 fully saturated rings. The summed E-state index contributed by atoms with van der Waals surface area (Å²) in [6, 6.07) is 0.